The molecule has 1 aliphatic carbocycles. The van der Waals surface area contributed by atoms with Crippen molar-refractivity contribution in [2.75, 3.05) is 13.2 Å². The maximum atomic E-state index is 12.5. The number of aryl methyl sites for hydroxylation is 1. The van der Waals surface area contributed by atoms with Gasteiger partial charge in [-0.1, -0.05) is 24.5 Å². The van der Waals surface area contributed by atoms with Gasteiger partial charge in [0.1, 0.15) is 11.3 Å². The molecular formula is C19H25NO4. The van der Waals surface area contributed by atoms with Crippen LogP contribution in [0.15, 0.2) is 18.2 Å². The fourth-order valence-corrected chi connectivity index (χ4v) is 4.04. The maximum Gasteiger partial charge on any atom is 0.342 e. The molecule has 0 unspecified atom stereocenters. The molecule has 5 nitrogen and oxygen atoms in total. The van der Waals surface area contributed by atoms with Gasteiger partial charge in [0.25, 0.3) is 5.91 Å². The number of aromatic hydroxyl groups is 1. The van der Waals surface area contributed by atoms with Gasteiger partial charge in [-0.25, -0.2) is 4.79 Å². The van der Waals surface area contributed by atoms with Crippen molar-refractivity contribution in [2.45, 2.75) is 51.5 Å². The van der Waals surface area contributed by atoms with E-state index >= 15 is 0 Å². The molecule has 2 aliphatic rings. The SMILES string of the molecule is Cc1ccc(O)c(C(=O)OCC(=O)N2CCC[C@H]3CCCC[C@H]32)c1. The predicted molar refractivity (Wildman–Crippen MR) is 89.8 cm³/mol. The van der Waals surface area contributed by atoms with E-state index in [1.54, 1.807) is 12.1 Å². The van der Waals surface area contributed by atoms with Crippen LogP contribution in [0.1, 0.15) is 54.4 Å². The molecule has 1 saturated carbocycles. The summed E-state index contributed by atoms with van der Waals surface area (Å²) in [7, 11) is 0. The second kappa shape index (κ2) is 7.24. The Morgan fingerprint density at radius 1 is 1.21 bits per heavy atom. The number of hydrogen-bond donors (Lipinski definition) is 1. The van der Waals surface area contributed by atoms with Crippen LogP contribution in [0.5, 0.6) is 5.75 Å². The molecular weight excluding hydrogens is 306 g/mol. The van der Waals surface area contributed by atoms with Gasteiger partial charge in [0, 0.05) is 12.6 Å². The average molecular weight is 331 g/mol. The molecule has 1 aromatic rings. The third-order valence-electron chi connectivity index (χ3n) is 5.26. The molecule has 0 aromatic heterocycles. The Bertz CT molecular complexity index is 626. The lowest BCUT2D eigenvalue weighted by atomic mass is 9.78. The number of ether oxygens (including phenoxy) is 1. The van der Waals surface area contributed by atoms with Crippen molar-refractivity contribution < 1.29 is 19.4 Å². The summed E-state index contributed by atoms with van der Waals surface area (Å²) in [6.45, 7) is 2.33. The Labute approximate surface area is 142 Å². The lowest BCUT2D eigenvalue weighted by Crippen LogP contribution is -2.50. The Balaban J connectivity index is 1.60. The molecule has 1 N–H and O–H groups in total. The molecule has 1 aromatic carbocycles. The third-order valence-corrected chi connectivity index (χ3v) is 5.26. The van der Waals surface area contributed by atoms with Crippen LogP contribution >= 0.6 is 0 Å². The van der Waals surface area contributed by atoms with E-state index in [1.165, 1.54) is 31.7 Å². The number of carbonyl (C=O) groups is 2. The Hall–Kier alpha value is -2.04. The van der Waals surface area contributed by atoms with Crippen molar-refractivity contribution in [3.8, 4) is 5.75 Å². The van der Waals surface area contributed by atoms with Crippen LogP contribution in [0.2, 0.25) is 0 Å². The van der Waals surface area contributed by atoms with E-state index in [4.69, 9.17) is 4.74 Å². The van der Waals surface area contributed by atoms with E-state index < -0.39 is 5.97 Å². The van der Waals surface area contributed by atoms with Gasteiger partial charge in [-0.15, -0.1) is 0 Å². The molecule has 2 fully saturated rings. The first-order valence-corrected chi connectivity index (χ1v) is 8.82. The van der Waals surface area contributed by atoms with Gasteiger partial charge in [0.2, 0.25) is 0 Å². The molecule has 1 aliphatic heterocycles. The highest BCUT2D eigenvalue weighted by Gasteiger charge is 2.35. The van der Waals surface area contributed by atoms with Crippen molar-refractivity contribution >= 4 is 11.9 Å². The molecule has 0 spiro atoms. The number of phenols is 1. The Morgan fingerprint density at radius 3 is 2.79 bits per heavy atom. The summed E-state index contributed by atoms with van der Waals surface area (Å²) in [4.78, 5) is 26.6. The molecule has 1 heterocycles. The number of rotatable bonds is 3. The molecule has 24 heavy (non-hydrogen) atoms. The van der Waals surface area contributed by atoms with E-state index in [9.17, 15) is 14.7 Å². The molecule has 130 valence electrons. The molecule has 1 saturated heterocycles. The first kappa shape index (κ1) is 16.8. The van der Waals surface area contributed by atoms with Crippen molar-refractivity contribution in [1.82, 2.24) is 4.90 Å². The highest BCUT2D eigenvalue weighted by Crippen LogP contribution is 2.35. The predicted octanol–water partition coefficient (Wildman–Crippen LogP) is 3.04. The number of piperidine rings is 1. The topological polar surface area (TPSA) is 66.8 Å². The first-order valence-electron chi connectivity index (χ1n) is 8.82. The number of phenolic OH excluding ortho intramolecular Hbond substituents is 1. The molecule has 0 radical (unpaired) electrons. The third kappa shape index (κ3) is 3.55. The molecule has 1 amide bonds. The van der Waals surface area contributed by atoms with E-state index in [0.29, 0.717) is 12.0 Å². The van der Waals surface area contributed by atoms with Crippen molar-refractivity contribution in [1.29, 1.82) is 0 Å². The van der Waals surface area contributed by atoms with E-state index in [2.05, 4.69) is 0 Å². The van der Waals surface area contributed by atoms with Gasteiger partial charge >= 0.3 is 5.97 Å². The molecule has 5 heteroatoms. The summed E-state index contributed by atoms with van der Waals surface area (Å²) in [6, 6.07) is 5.06. The second-order valence-electron chi connectivity index (χ2n) is 6.94. The summed E-state index contributed by atoms with van der Waals surface area (Å²) in [5.74, 6) is -0.287. The Morgan fingerprint density at radius 2 is 1.96 bits per heavy atom. The van der Waals surface area contributed by atoms with Gasteiger partial charge in [0.05, 0.1) is 0 Å². The molecule has 0 bridgehead atoms. The largest absolute Gasteiger partial charge is 0.507 e. The van der Waals surface area contributed by atoms with Crippen LogP contribution in [0.25, 0.3) is 0 Å². The van der Waals surface area contributed by atoms with E-state index in [-0.39, 0.29) is 23.8 Å². The number of fused-ring (bicyclic) bond motifs is 1. The van der Waals surface area contributed by atoms with E-state index in [1.807, 2.05) is 11.8 Å². The fraction of sp³-hybridized carbons (Fsp3) is 0.579. The summed E-state index contributed by atoms with van der Waals surface area (Å²) >= 11 is 0. The number of hydrogen-bond acceptors (Lipinski definition) is 4. The van der Waals surface area contributed by atoms with Gasteiger partial charge in [0.15, 0.2) is 6.61 Å². The molecule has 2 atom stereocenters. The van der Waals surface area contributed by atoms with Crippen LogP contribution in [-0.2, 0) is 9.53 Å². The van der Waals surface area contributed by atoms with Crippen LogP contribution in [0.3, 0.4) is 0 Å². The molecule has 3 rings (SSSR count). The van der Waals surface area contributed by atoms with Crippen LogP contribution < -0.4 is 0 Å². The fourth-order valence-electron chi connectivity index (χ4n) is 4.04. The van der Waals surface area contributed by atoms with Crippen LogP contribution in [0, 0.1) is 12.8 Å². The zero-order chi connectivity index (χ0) is 17.1. The number of esters is 1. The van der Waals surface area contributed by atoms with Crippen LogP contribution in [-0.4, -0.2) is 41.1 Å². The van der Waals surface area contributed by atoms with Crippen molar-refractivity contribution in [2.24, 2.45) is 5.92 Å². The van der Waals surface area contributed by atoms with Crippen LogP contribution in [0.4, 0.5) is 0 Å². The van der Waals surface area contributed by atoms with Crippen molar-refractivity contribution in [3.05, 3.63) is 29.3 Å². The summed E-state index contributed by atoms with van der Waals surface area (Å²) < 4.78 is 5.17. The zero-order valence-electron chi connectivity index (χ0n) is 14.2. The standard InChI is InChI=1S/C19H25NO4/c1-13-8-9-17(21)15(11-13)19(23)24-12-18(22)20-10-4-6-14-5-2-3-7-16(14)20/h8-9,11,14,16,21H,2-7,10,12H2,1H3/t14-,16-/m1/s1. The maximum absolute atomic E-state index is 12.5. The number of carbonyl (C=O) groups excluding carboxylic acids is 2. The second-order valence-corrected chi connectivity index (χ2v) is 6.94. The first-order chi connectivity index (χ1) is 11.6. The van der Waals surface area contributed by atoms with Gasteiger partial charge in [-0.2, -0.15) is 0 Å². The number of likely N-dealkylation sites (tertiary alicyclic amines) is 1. The van der Waals surface area contributed by atoms with E-state index in [0.717, 1.165) is 24.9 Å². The summed E-state index contributed by atoms with van der Waals surface area (Å²) in [5.41, 5.74) is 0.962. The van der Waals surface area contributed by atoms with Gasteiger partial charge < -0.3 is 14.7 Å². The zero-order valence-corrected chi connectivity index (χ0v) is 14.2. The number of benzene rings is 1. The normalized spacial score (nSPS) is 23.5. The lowest BCUT2D eigenvalue weighted by molar-refractivity contribution is -0.140. The average Bonchev–Trinajstić information content (AvgIpc) is 2.61. The minimum atomic E-state index is -0.651. The smallest absolute Gasteiger partial charge is 0.342 e. The number of amides is 1. The van der Waals surface area contributed by atoms with Crippen molar-refractivity contribution in [3.63, 3.8) is 0 Å². The minimum Gasteiger partial charge on any atom is -0.507 e. The monoisotopic (exact) mass is 331 g/mol. The van der Waals surface area contributed by atoms with Gasteiger partial charge in [-0.3, -0.25) is 4.79 Å². The highest BCUT2D eigenvalue weighted by molar-refractivity contribution is 5.94. The lowest BCUT2D eigenvalue weighted by Gasteiger charge is -2.44. The highest BCUT2D eigenvalue weighted by atomic mass is 16.5. The Kier molecular flexibility index (Phi) is 5.07. The number of nitrogens with zero attached hydrogens (tertiary/aromatic N) is 1. The van der Waals surface area contributed by atoms with Gasteiger partial charge in [-0.05, 0) is 50.7 Å². The summed E-state index contributed by atoms with van der Waals surface area (Å²) in [5, 5.41) is 9.78. The summed E-state index contributed by atoms with van der Waals surface area (Å²) in [6.07, 6.45) is 6.91. The minimum absolute atomic E-state index is 0.108. The quantitative estimate of drug-likeness (QED) is 0.865.